The summed E-state index contributed by atoms with van der Waals surface area (Å²) in [5, 5.41) is 0. The molecule has 3 nitrogen and oxygen atoms in total. The molecular weight excluding hydrogens is 288 g/mol. The lowest BCUT2D eigenvalue weighted by molar-refractivity contribution is -0.202. The third-order valence-corrected chi connectivity index (χ3v) is 6.29. The van der Waals surface area contributed by atoms with E-state index in [2.05, 4.69) is 6.58 Å². The van der Waals surface area contributed by atoms with Crippen LogP contribution in [-0.2, 0) is 14.3 Å². The second-order valence-electron chi connectivity index (χ2n) is 7.84. The molecule has 3 aliphatic rings. The van der Waals surface area contributed by atoms with Crippen LogP contribution in [-0.4, -0.2) is 24.3 Å². The number of hydrogen-bond donors (Lipinski definition) is 0. The molecule has 23 heavy (non-hydrogen) atoms. The van der Waals surface area contributed by atoms with E-state index in [0.717, 1.165) is 19.4 Å². The Morgan fingerprint density at radius 3 is 2.00 bits per heavy atom. The Labute approximate surface area is 140 Å². The van der Waals surface area contributed by atoms with Crippen molar-refractivity contribution in [1.82, 2.24) is 0 Å². The molecule has 2 saturated carbocycles. The largest absolute Gasteiger partial charge is 0.452 e. The third-order valence-electron chi connectivity index (χ3n) is 6.29. The Morgan fingerprint density at radius 1 is 0.957 bits per heavy atom. The maximum Gasteiger partial charge on any atom is 0.333 e. The second kappa shape index (κ2) is 7.38. The number of carbonyl (C=O) groups is 1. The van der Waals surface area contributed by atoms with Gasteiger partial charge in [0.2, 0.25) is 0 Å². The van der Waals surface area contributed by atoms with Crippen LogP contribution in [0.1, 0.15) is 77.6 Å². The van der Waals surface area contributed by atoms with Gasteiger partial charge >= 0.3 is 5.97 Å². The summed E-state index contributed by atoms with van der Waals surface area (Å²) in [5.74, 6) is 0.723. The number of rotatable bonds is 5. The SMILES string of the molecule is C=C(C)C(=O)OC(C1CCCCC1)(C1CCCC1)C1CCCO1. The molecule has 1 heterocycles. The Bertz CT molecular complexity index is 408. The fraction of sp³-hybridized carbons (Fsp3) is 0.850. The molecular formula is C20H32O3. The van der Waals surface area contributed by atoms with Gasteiger partial charge in [-0.25, -0.2) is 4.79 Å². The summed E-state index contributed by atoms with van der Waals surface area (Å²) in [7, 11) is 0. The lowest BCUT2D eigenvalue weighted by Crippen LogP contribution is -2.57. The van der Waals surface area contributed by atoms with E-state index in [0.29, 0.717) is 17.4 Å². The van der Waals surface area contributed by atoms with Crippen molar-refractivity contribution in [2.75, 3.05) is 6.61 Å². The molecule has 3 fully saturated rings. The molecule has 2 aliphatic carbocycles. The van der Waals surface area contributed by atoms with E-state index in [4.69, 9.17) is 9.47 Å². The van der Waals surface area contributed by atoms with Crippen LogP contribution < -0.4 is 0 Å². The predicted molar refractivity (Wildman–Crippen MR) is 91.1 cm³/mol. The van der Waals surface area contributed by atoms with Gasteiger partial charge in [-0.05, 0) is 45.4 Å². The van der Waals surface area contributed by atoms with Crippen LogP contribution in [0.5, 0.6) is 0 Å². The van der Waals surface area contributed by atoms with Gasteiger partial charge in [0.25, 0.3) is 0 Å². The summed E-state index contributed by atoms with van der Waals surface area (Å²) in [5.41, 5.74) is 0.116. The number of hydrogen-bond acceptors (Lipinski definition) is 3. The lowest BCUT2D eigenvalue weighted by atomic mass is 9.66. The third kappa shape index (κ3) is 3.35. The average Bonchev–Trinajstić information content (AvgIpc) is 3.27. The minimum absolute atomic E-state index is 0.0944. The molecule has 2 unspecified atom stereocenters. The van der Waals surface area contributed by atoms with Gasteiger partial charge < -0.3 is 9.47 Å². The summed E-state index contributed by atoms with van der Waals surface area (Å²) in [6.07, 6.45) is 13.3. The molecule has 0 N–H and O–H groups in total. The Morgan fingerprint density at radius 2 is 1.52 bits per heavy atom. The fourth-order valence-corrected chi connectivity index (χ4v) is 5.20. The molecule has 0 amide bonds. The van der Waals surface area contributed by atoms with Gasteiger partial charge in [0.15, 0.2) is 0 Å². The van der Waals surface area contributed by atoms with E-state index in [9.17, 15) is 4.79 Å². The van der Waals surface area contributed by atoms with Crippen molar-refractivity contribution in [2.24, 2.45) is 11.8 Å². The second-order valence-corrected chi connectivity index (χ2v) is 7.84. The van der Waals surface area contributed by atoms with Gasteiger partial charge in [0.05, 0.1) is 6.10 Å². The molecule has 0 aromatic heterocycles. The van der Waals surface area contributed by atoms with Crippen LogP contribution in [0.25, 0.3) is 0 Å². The highest BCUT2D eigenvalue weighted by atomic mass is 16.6. The monoisotopic (exact) mass is 320 g/mol. The zero-order valence-corrected chi connectivity index (χ0v) is 14.6. The maximum absolute atomic E-state index is 12.5. The maximum atomic E-state index is 12.5. The first kappa shape index (κ1) is 17.0. The van der Waals surface area contributed by atoms with Gasteiger partial charge in [-0.3, -0.25) is 0 Å². The van der Waals surface area contributed by atoms with Crippen LogP contribution in [0.3, 0.4) is 0 Å². The zero-order valence-electron chi connectivity index (χ0n) is 14.6. The molecule has 3 rings (SSSR count). The van der Waals surface area contributed by atoms with Crippen LogP contribution in [0.4, 0.5) is 0 Å². The standard InChI is InChI=1S/C20H32O3/c1-15(2)19(21)23-20(17-11-6-7-12-17,18-13-8-14-22-18)16-9-4-3-5-10-16/h16-18H,1,3-14H2,2H3. The van der Waals surface area contributed by atoms with Crippen molar-refractivity contribution in [3.63, 3.8) is 0 Å². The quantitative estimate of drug-likeness (QED) is 0.539. The van der Waals surface area contributed by atoms with E-state index in [-0.39, 0.29) is 12.1 Å². The number of esters is 1. The topological polar surface area (TPSA) is 35.5 Å². The summed E-state index contributed by atoms with van der Waals surface area (Å²) in [6, 6.07) is 0. The molecule has 0 bridgehead atoms. The van der Waals surface area contributed by atoms with E-state index < -0.39 is 5.60 Å². The van der Waals surface area contributed by atoms with Crippen molar-refractivity contribution < 1.29 is 14.3 Å². The lowest BCUT2D eigenvalue weighted by Gasteiger charge is -2.49. The van der Waals surface area contributed by atoms with E-state index >= 15 is 0 Å². The molecule has 0 spiro atoms. The smallest absolute Gasteiger partial charge is 0.333 e. The minimum Gasteiger partial charge on any atom is -0.452 e. The van der Waals surface area contributed by atoms with Crippen LogP contribution in [0, 0.1) is 11.8 Å². The molecule has 2 atom stereocenters. The molecule has 0 aromatic rings. The molecule has 0 aromatic carbocycles. The van der Waals surface area contributed by atoms with E-state index in [1.807, 2.05) is 0 Å². The molecule has 3 heteroatoms. The highest BCUT2D eigenvalue weighted by molar-refractivity contribution is 5.87. The van der Waals surface area contributed by atoms with E-state index in [1.54, 1.807) is 6.92 Å². The Balaban J connectivity index is 1.95. The van der Waals surface area contributed by atoms with E-state index in [1.165, 1.54) is 57.8 Å². The highest BCUT2D eigenvalue weighted by Gasteiger charge is 2.56. The molecule has 130 valence electrons. The highest BCUT2D eigenvalue weighted by Crippen LogP contribution is 2.50. The minimum atomic E-state index is -0.399. The molecule has 1 saturated heterocycles. The van der Waals surface area contributed by atoms with Crippen molar-refractivity contribution in [2.45, 2.75) is 89.3 Å². The first-order chi connectivity index (χ1) is 11.1. The van der Waals surface area contributed by atoms with Crippen molar-refractivity contribution in [3.8, 4) is 0 Å². The zero-order chi connectivity index (χ0) is 16.3. The first-order valence-electron chi connectivity index (χ1n) is 9.65. The summed E-state index contributed by atoms with van der Waals surface area (Å²) in [4.78, 5) is 12.5. The van der Waals surface area contributed by atoms with Crippen molar-refractivity contribution >= 4 is 5.97 Å². The Hall–Kier alpha value is -0.830. The first-order valence-corrected chi connectivity index (χ1v) is 9.65. The number of carbonyl (C=O) groups excluding carboxylic acids is 1. The van der Waals surface area contributed by atoms with Crippen molar-refractivity contribution in [3.05, 3.63) is 12.2 Å². The molecule has 0 radical (unpaired) electrons. The fourth-order valence-electron chi connectivity index (χ4n) is 5.20. The van der Waals surface area contributed by atoms with Gasteiger partial charge in [-0.1, -0.05) is 38.7 Å². The van der Waals surface area contributed by atoms with Crippen molar-refractivity contribution in [1.29, 1.82) is 0 Å². The van der Waals surface area contributed by atoms with Gasteiger partial charge in [-0.15, -0.1) is 0 Å². The summed E-state index contributed by atoms with van der Waals surface area (Å²) < 4.78 is 12.5. The van der Waals surface area contributed by atoms with Crippen LogP contribution in [0.2, 0.25) is 0 Å². The summed E-state index contributed by atoms with van der Waals surface area (Å²) >= 11 is 0. The van der Waals surface area contributed by atoms with Crippen LogP contribution >= 0.6 is 0 Å². The molecule has 1 aliphatic heterocycles. The number of ether oxygens (including phenoxy) is 2. The van der Waals surface area contributed by atoms with Gasteiger partial charge in [0, 0.05) is 24.0 Å². The predicted octanol–water partition coefficient (Wildman–Crippen LogP) is 4.79. The average molecular weight is 320 g/mol. The Kier molecular flexibility index (Phi) is 5.45. The van der Waals surface area contributed by atoms with Gasteiger partial charge in [-0.2, -0.15) is 0 Å². The van der Waals surface area contributed by atoms with Crippen LogP contribution in [0.15, 0.2) is 12.2 Å². The summed E-state index contributed by atoms with van der Waals surface area (Å²) in [6.45, 7) is 6.40. The van der Waals surface area contributed by atoms with Gasteiger partial charge in [0.1, 0.15) is 5.60 Å². The normalized spacial score (nSPS) is 29.3.